The number of nitrogens with zero attached hydrogens (tertiary/aromatic N) is 2. The lowest BCUT2D eigenvalue weighted by molar-refractivity contribution is -0.207. The van der Waals surface area contributed by atoms with Crippen molar-refractivity contribution in [3.8, 4) is 5.75 Å². The molecule has 4 aliphatic rings. The van der Waals surface area contributed by atoms with Crippen molar-refractivity contribution < 1.29 is 39.6 Å². The number of ketones is 3. The van der Waals surface area contributed by atoms with Crippen molar-refractivity contribution in [1.29, 1.82) is 0 Å². The summed E-state index contributed by atoms with van der Waals surface area (Å²) in [6.45, 7) is 1.42. The Labute approximate surface area is 213 Å². The number of piperidine rings is 1. The zero-order chi connectivity index (χ0) is 27.0. The molecule has 1 heterocycles. The number of carbonyl (C=O) groups excluding carboxylic acids is 4. The van der Waals surface area contributed by atoms with Crippen LogP contribution in [0, 0.1) is 23.7 Å². The monoisotopic (exact) mass is 515 g/mol. The quantitative estimate of drug-likeness (QED) is 0.301. The molecule has 5 rings (SSSR count). The van der Waals surface area contributed by atoms with Crippen LogP contribution in [0.3, 0.4) is 0 Å². The molecule has 200 valence electrons. The first-order valence-corrected chi connectivity index (χ1v) is 12.7. The van der Waals surface area contributed by atoms with E-state index in [1.54, 1.807) is 12.1 Å². The van der Waals surface area contributed by atoms with E-state index in [0.717, 1.165) is 19.3 Å². The van der Waals surface area contributed by atoms with Gasteiger partial charge >= 0.3 is 0 Å². The Morgan fingerprint density at radius 2 is 1.70 bits per heavy atom. The second-order valence-corrected chi connectivity index (χ2v) is 11.1. The predicted octanol–water partition coefficient (Wildman–Crippen LogP) is -1.38. The molecule has 1 aliphatic heterocycles. The van der Waals surface area contributed by atoms with E-state index in [-0.39, 0.29) is 17.7 Å². The molecule has 8 atom stereocenters. The molecule has 1 amide bonds. The van der Waals surface area contributed by atoms with Gasteiger partial charge in [0.2, 0.25) is 5.91 Å². The van der Waals surface area contributed by atoms with Gasteiger partial charge in [0.25, 0.3) is 0 Å². The highest BCUT2D eigenvalue weighted by Crippen LogP contribution is 2.52. The van der Waals surface area contributed by atoms with Crippen molar-refractivity contribution in [2.45, 2.75) is 49.5 Å². The summed E-state index contributed by atoms with van der Waals surface area (Å²) in [6.07, 6.45) is -0.226. The number of hydrogen-bond acceptors (Lipinski definition) is 10. The summed E-state index contributed by atoms with van der Waals surface area (Å²) in [5.41, 5.74) is 3.34. The highest BCUT2D eigenvalue weighted by atomic mass is 16.3. The van der Waals surface area contributed by atoms with Crippen LogP contribution >= 0.6 is 0 Å². The van der Waals surface area contributed by atoms with Crippen LogP contribution < -0.4 is 10.6 Å². The number of rotatable bonds is 3. The van der Waals surface area contributed by atoms with Gasteiger partial charge in [-0.25, -0.2) is 0 Å². The Bertz CT molecular complexity index is 1180. The number of phenols is 1. The van der Waals surface area contributed by atoms with E-state index in [2.05, 4.69) is 0 Å². The maximum Gasteiger partial charge on any atom is 0.230 e. The molecule has 1 aromatic carbocycles. The van der Waals surface area contributed by atoms with Gasteiger partial charge in [-0.3, -0.25) is 19.2 Å². The lowest BCUT2D eigenvalue weighted by Gasteiger charge is -2.56. The summed E-state index contributed by atoms with van der Waals surface area (Å²) in [5.74, 6) is -10.7. The van der Waals surface area contributed by atoms with Crippen LogP contribution in [0.15, 0.2) is 12.1 Å². The Balaban J connectivity index is 1.62. The molecule has 37 heavy (non-hydrogen) atoms. The number of nitrogens with two attached hydrogens (primary N) is 1. The van der Waals surface area contributed by atoms with Gasteiger partial charge in [0, 0.05) is 31.0 Å². The molecule has 0 radical (unpaired) electrons. The molecular formula is C26H33N3O8. The van der Waals surface area contributed by atoms with E-state index >= 15 is 0 Å². The number of Topliss-reactive ketones (excluding diaryl/α,β-unsaturated/α-hetero) is 3. The van der Waals surface area contributed by atoms with Gasteiger partial charge in [-0.1, -0.05) is 6.07 Å². The molecule has 6 N–H and O–H groups in total. The summed E-state index contributed by atoms with van der Waals surface area (Å²) >= 11 is 0. The van der Waals surface area contributed by atoms with Gasteiger partial charge in [0.15, 0.2) is 23.0 Å². The van der Waals surface area contributed by atoms with Crippen LogP contribution in [0.1, 0.15) is 35.2 Å². The normalized spacial score (nSPS) is 37.7. The first kappa shape index (κ1) is 25.8. The molecule has 3 fully saturated rings. The number of aliphatic hydroxyl groups is 3. The fourth-order valence-corrected chi connectivity index (χ4v) is 7.19. The topological polar surface area (TPSA) is 182 Å². The standard InChI is InChI=1S/C26H33N3O8/c1-28(2)18-17-19(30)12-10-11-6-7-13(29-8-4-3-5-9-29)20(31)14(11)21(32)15(12)23(34)26(17,37)24(35)16(22(18)33)25(27)36/h6-7,12,15-19,22,30-31,33,37H,3-5,8-10H2,1-2H3,(H2,27,36)/t12-,15?,16?,17-,18+,19+,22?,26+/m0/s1. The molecule has 2 saturated carbocycles. The summed E-state index contributed by atoms with van der Waals surface area (Å²) in [7, 11) is 3.04. The van der Waals surface area contributed by atoms with Crippen LogP contribution in [-0.2, 0) is 20.8 Å². The number of aliphatic hydroxyl groups excluding tert-OH is 2. The molecule has 3 unspecified atom stereocenters. The third kappa shape index (κ3) is 3.48. The van der Waals surface area contributed by atoms with E-state index in [4.69, 9.17) is 5.73 Å². The first-order valence-electron chi connectivity index (χ1n) is 12.7. The number of benzene rings is 1. The third-order valence-electron chi connectivity index (χ3n) is 8.92. The second-order valence-electron chi connectivity index (χ2n) is 11.1. The van der Waals surface area contributed by atoms with Crippen molar-refractivity contribution in [1.82, 2.24) is 4.90 Å². The predicted molar refractivity (Wildman–Crippen MR) is 130 cm³/mol. The van der Waals surface area contributed by atoms with Gasteiger partial charge in [-0.05, 0) is 51.4 Å². The number of hydrogen-bond donors (Lipinski definition) is 5. The summed E-state index contributed by atoms with van der Waals surface area (Å²) < 4.78 is 0. The fraction of sp³-hybridized carbons (Fsp3) is 0.615. The Morgan fingerprint density at radius 3 is 2.30 bits per heavy atom. The minimum atomic E-state index is -2.91. The average molecular weight is 516 g/mol. The van der Waals surface area contributed by atoms with Crippen molar-refractivity contribution in [2.24, 2.45) is 29.4 Å². The van der Waals surface area contributed by atoms with Crippen LogP contribution in [0.25, 0.3) is 0 Å². The van der Waals surface area contributed by atoms with Crippen molar-refractivity contribution in [3.63, 3.8) is 0 Å². The number of phenolic OH excluding ortho intramolecular Hbond substituents is 1. The number of aromatic hydroxyl groups is 1. The number of fused-ring (bicyclic) bond motifs is 3. The number of amides is 1. The molecule has 0 aromatic heterocycles. The van der Waals surface area contributed by atoms with Crippen molar-refractivity contribution >= 4 is 28.9 Å². The van der Waals surface area contributed by atoms with Crippen LogP contribution in [0.5, 0.6) is 5.75 Å². The number of anilines is 1. The van der Waals surface area contributed by atoms with Gasteiger partial charge < -0.3 is 36.0 Å². The average Bonchev–Trinajstić information content (AvgIpc) is 2.84. The Hall–Kier alpha value is -2.86. The fourth-order valence-electron chi connectivity index (χ4n) is 7.19. The zero-order valence-corrected chi connectivity index (χ0v) is 20.8. The SMILES string of the molecule is CN(C)[C@H]1C(O)C(C(N)=O)C(=O)[C@]2(O)C(=O)C3C(=O)c4c(ccc(N5CCCCC5)c4O)C[C@@H]3[C@@H](O)[C@H]12. The molecular weight excluding hydrogens is 482 g/mol. The van der Waals surface area contributed by atoms with Crippen molar-refractivity contribution in [2.75, 3.05) is 32.1 Å². The lowest BCUT2D eigenvalue weighted by Crippen LogP contribution is -2.78. The summed E-state index contributed by atoms with van der Waals surface area (Å²) in [6, 6.07) is 2.26. The number of primary amides is 1. The molecule has 3 aliphatic carbocycles. The maximum atomic E-state index is 13.9. The summed E-state index contributed by atoms with van der Waals surface area (Å²) in [4.78, 5) is 56.6. The molecule has 1 aromatic rings. The minimum Gasteiger partial charge on any atom is -0.505 e. The van der Waals surface area contributed by atoms with E-state index in [9.17, 15) is 39.6 Å². The molecule has 0 bridgehead atoms. The van der Waals surface area contributed by atoms with Crippen LogP contribution in [0.4, 0.5) is 5.69 Å². The zero-order valence-electron chi connectivity index (χ0n) is 20.8. The van der Waals surface area contributed by atoms with Gasteiger partial charge in [-0.15, -0.1) is 0 Å². The maximum absolute atomic E-state index is 13.9. The largest absolute Gasteiger partial charge is 0.505 e. The van der Waals surface area contributed by atoms with Crippen LogP contribution in [-0.4, -0.2) is 99.6 Å². The highest BCUT2D eigenvalue weighted by Gasteiger charge is 2.72. The van der Waals surface area contributed by atoms with E-state index in [1.807, 2.05) is 4.90 Å². The third-order valence-corrected chi connectivity index (χ3v) is 8.92. The second kappa shape index (κ2) is 8.87. The van der Waals surface area contributed by atoms with Gasteiger partial charge in [0.1, 0.15) is 11.7 Å². The van der Waals surface area contributed by atoms with Gasteiger partial charge in [-0.2, -0.15) is 0 Å². The Kier molecular flexibility index (Phi) is 6.18. The number of carbonyl (C=O) groups is 4. The smallest absolute Gasteiger partial charge is 0.230 e. The van der Waals surface area contributed by atoms with Gasteiger partial charge in [0.05, 0.1) is 29.4 Å². The van der Waals surface area contributed by atoms with Crippen LogP contribution in [0.2, 0.25) is 0 Å². The van der Waals surface area contributed by atoms with Crippen molar-refractivity contribution in [3.05, 3.63) is 23.3 Å². The number of likely N-dealkylation sites (N-methyl/N-ethyl adjacent to an activating group) is 1. The minimum absolute atomic E-state index is 0.0444. The van der Waals surface area contributed by atoms with E-state index in [1.165, 1.54) is 19.0 Å². The first-order chi connectivity index (χ1) is 17.4. The lowest BCUT2D eigenvalue weighted by atomic mass is 9.51. The Morgan fingerprint density at radius 1 is 1.05 bits per heavy atom. The highest BCUT2D eigenvalue weighted by molar-refractivity contribution is 6.25. The molecule has 0 spiro atoms. The molecule has 1 saturated heterocycles. The molecule has 11 nitrogen and oxygen atoms in total. The summed E-state index contributed by atoms with van der Waals surface area (Å²) in [5, 5.41) is 45.2. The molecule has 11 heteroatoms. The van der Waals surface area contributed by atoms with E-state index < -0.39 is 70.8 Å². The van der Waals surface area contributed by atoms with E-state index in [0.29, 0.717) is 24.3 Å².